The Bertz CT molecular complexity index is 1180. The molecule has 0 atom stereocenters. The van der Waals surface area contributed by atoms with E-state index in [-0.39, 0.29) is 5.56 Å². The lowest BCUT2D eigenvalue weighted by Crippen LogP contribution is -2.00. The van der Waals surface area contributed by atoms with Crippen molar-refractivity contribution in [3.63, 3.8) is 0 Å². The molecule has 0 radical (unpaired) electrons. The zero-order valence-corrected chi connectivity index (χ0v) is 16.6. The Morgan fingerprint density at radius 1 is 0.963 bits per heavy atom. The van der Waals surface area contributed by atoms with Crippen LogP contribution in [0.1, 0.15) is 10.4 Å². The summed E-state index contributed by atoms with van der Waals surface area (Å²) in [5.74, 6) is -0.0208. The maximum Gasteiger partial charge on any atom is 0.336 e. The largest absolute Gasteiger partial charge is 0.478 e. The molecule has 0 bridgehead atoms. The number of carbonyl (C=O) groups is 1. The Hall–Kier alpha value is -2.34. The fourth-order valence-electron chi connectivity index (χ4n) is 2.83. The van der Waals surface area contributed by atoms with Gasteiger partial charge in [0.2, 0.25) is 0 Å². The first-order valence-corrected chi connectivity index (χ1v) is 9.36. The van der Waals surface area contributed by atoms with E-state index < -0.39 is 5.97 Å². The molecule has 0 saturated heterocycles. The maximum absolute atomic E-state index is 11.7. The predicted octanol–water partition coefficient (Wildman–Crippen LogP) is 6.93. The van der Waals surface area contributed by atoms with Crippen LogP contribution < -0.4 is 0 Å². The first-order valence-electron chi connectivity index (χ1n) is 7.81. The second kappa shape index (κ2) is 7.00. The van der Waals surface area contributed by atoms with Crippen LogP contribution in [0.2, 0.25) is 10.0 Å². The minimum Gasteiger partial charge on any atom is -0.478 e. The number of carboxylic acid groups (broad SMARTS) is 1. The predicted molar refractivity (Wildman–Crippen MR) is 110 cm³/mol. The van der Waals surface area contributed by atoms with Gasteiger partial charge < -0.3 is 9.52 Å². The van der Waals surface area contributed by atoms with Crippen LogP contribution in [0.5, 0.6) is 0 Å². The highest BCUT2D eigenvalue weighted by molar-refractivity contribution is 9.10. The van der Waals surface area contributed by atoms with Crippen LogP contribution in [0.3, 0.4) is 0 Å². The van der Waals surface area contributed by atoms with Crippen LogP contribution in [-0.2, 0) is 0 Å². The van der Waals surface area contributed by atoms with Gasteiger partial charge in [-0.3, -0.25) is 0 Å². The molecule has 134 valence electrons. The van der Waals surface area contributed by atoms with E-state index in [1.165, 1.54) is 6.07 Å². The number of hydrogen-bond donors (Lipinski definition) is 1. The summed E-state index contributed by atoms with van der Waals surface area (Å²) >= 11 is 15.5. The lowest BCUT2D eigenvalue weighted by atomic mass is 10.1. The monoisotopic (exact) mass is 461 g/mol. The second-order valence-corrected chi connectivity index (χ2v) is 7.63. The number of nitrogens with zero attached hydrogens (tertiary/aromatic N) is 1. The van der Waals surface area contributed by atoms with Gasteiger partial charge in [0.1, 0.15) is 11.5 Å². The normalized spacial score (nSPS) is 11.1. The Morgan fingerprint density at radius 3 is 2.37 bits per heavy atom. The maximum atomic E-state index is 11.7. The average molecular weight is 463 g/mol. The summed E-state index contributed by atoms with van der Waals surface area (Å²) in [6.45, 7) is 0. The van der Waals surface area contributed by atoms with Crippen LogP contribution in [-0.4, -0.2) is 16.1 Å². The summed E-state index contributed by atoms with van der Waals surface area (Å²) in [4.78, 5) is 16.3. The van der Waals surface area contributed by atoms with Crippen LogP contribution in [0.15, 0.2) is 63.5 Å². The van der Waals surface area contributed by atoms with E-state index in [1.807, 2.05) is 6.07 Å². The summed E-state index contributed by atoms with van der Waals surface area (Å²) in [5, 5.41) is 11.1. The average Bonchev–Trinajstić information content (AvgIpc) is 3.10. The number of fused-ring (bicyclic) bond motifs is 1. The molecule has 2 aromatic carbocycles. The molecule has 27 heavy (non-hydrogen) atoms. The van der Waals surface area contributed by atoms with Gasteiger partial charge in [-0.25, -0.2) is 9.78 Å². The van der Waals surface area contributed by atoms with Crippen molar-refractivity contribution >= 4 is 56.0 Å². The molecule has 2 aromatic heterocycles. The van der Waals surface area contributed by atoms with Crippen molar-refractivity contribution in [1.29, 1.82) is 0 Å². The molecule has 0 spiro atoms. The van der Waals surface area contributed by atoms with Gasteiger partial charge >= 0.3 is 5.97 Å². The van der Waals surface area contributed by atoms with Crippen molar-refractivity contribution in [3.05, 3.63) is 74.7 Å². The fourth-order valence-corrected chi connectivity index (χ4v) is 3.72. The van der Waals surface area contributed by atoms with E-state index in [2.05, 4.69) is 20.9 Å². The van der Waals surface area contributed by atoms with Gasteiger partial charge in [0, 0.05) is 25.5 Å². The summed E-state index contributed by atoms with van der Waals surface area (Å²) in [7, 11) is 0. The van der Waals surface area contributed by atoms with E-state index in [9.17, 15) is 9.90 Å². The number of rotatable bonds is 3. The quantitative estimate of drug-likeness (QED) is 0.358. The minimum absolute atomic E-state index is 0.153. The number of aromatic nitrogens is 1. The van der Waals surface area contributed by atoms with Gasteiger partial charge in [-0.2, -0.15) is 0 Å². The van der Waals surface area contributed by atoms with Gasteiger partial charge in [-0.05, 0) is 54.6 Å². The van der Waals surface area contributed by atoms with Gasteiger partial charge in [0.15, 0.2) is 5.76 Å². The van der Waals surface area contributed by atoms with Crippen LogP contribution in [0, 0.1) is 0 Å². The van der Waals surface area contributed by atoms with Crippen molar-refractivity contribution in [2.24, 2.45) is 0 Å². The Kier molecular flexibility index (Phi) is 4.68. The summed E-state index contributed by atoms with van der Waals surface area (Å²) in [6, 6.07) is 15.4. The van der Waals surface area contributed by atoms with Gasteiger partial charge in [0.05, 0.1) is 11.1 Å². The third-order valence-corrected chi connectivity index (χ3v) is 4.94. The fraction of sp³-hybridized carbons (Fsp3) is 0. The zero-order chi connectivity index (χ0) is 19.1. The standard InChI is InChI=1S/C20H10BrCl2NO3/c21-11-1-2-16-14(7-11)15(20(25)26)9-17(24-16)19-4-3-18(27-19)10-5-12(22)8-13(23)6-10/h1-9H,(H,25,26). The minimum atomic E-state index is -1.03. The highest BCUT2D eigenvalue weighted by Gasteiger charge is 2.16. The summed E-state index contributed by atoms with van der Waals surface area (Å²) < 4.78 is 6.67. The molecule has 4 nitrogen and oxygen atoms in total. The Labute approximate surface area is 172 Å². The molecule has 0 aliphatic heterocycles. The van der Waals surface area contributed by atoms with Crippen molar-refractivity contribution in [3.8, 4) is 22.8 Å². The van der Waals surface area contributed by atoms with Crippen LogP contribution in [0.4, 0.5) is 0 Å². The summed E-state index contributed by atoms with van der Waals surface area (Å²) in [6.07, 6.45) is 0. The van der Waals surface area contributed by atoms with E-state index in [1.54, 1.807) is 42.5 Å². The van der Waals surface area contributed by atoms with E-state index in [0.29, 0.717) is 38.2 Å². The Balaban J connectivity index is 1.84. The molecule has 1 N–H and O–H groups in total. The molecular formula is C20H10BrCl2NO3. The highest BCUT2D eigenvalue weighted by Crippen LogP contribution is 2.33. The van der Waals surface area contributed by atoms with Crippen LogP contribution in [0.25, 0.3) is 33.7 Å². The molecule has 4 aromatic rings. The van der Waals surface area contributed by atoms with Crippen molar-refractivity contribution < 1.29 is 14.3 Å². The molecule has 0 saturated carbocycles. The van der Waals surface area contributed by atoms with Gasteiger partial charge in [0.25, 0.3) is 0 Å². The van der Waals surface area contributed by atoms with E-state index in [4.69, 9.17) is 27.6 Å². The molecular weight excluding hydrogens is 453 g/mol. The number of benzene rings is 2. The molecule has 4 rings (SSSR count). The van der Waals surface area contributed by atoms with Gasteiger partial charge in [-0.15, -0.1) is 0 Å². The van der Waals surface area contributed by atoms with Crippen molar-refractivity contribution in [2.45, 2.75) is 0 Å². The first-order chi connectivity index (χ1) is 12.9. The third-order valence-electron chi connectivity index (χ3n) is 4.01. The zero-order valence-electron chi connectivity index (χ0n) is 13.5. The first kappa shape index (κ1) is 18.0. The second-order valence-electron chi connectivity index (χ2n) is 5.84. The number of carboxylic acids is 1. The van der Waals surface area contributed by atoms with Crippen molar-refractivity contribution in [1.82, 2.24) is 4.98 Å². The van der Waals surface area contributed by atoms with E-state index in [0.717, 1.165) is 10.0 Å². The molecule has 0 aliphatic rings. The summed E-state index contributed by atoms with van der Waals surface area (Å²) in [5.41, 5.74) is 1.88. The number of hydrogen-bond acceptors (Lipinski definition) is 3. The Morgan fingerprint density at radius 2 is 1.67 bits per heavy atom. The van der Waals surface area contributed by atoms with Crippen molar-refractivity contribution in [2.75, 3.05) is 0 Å². The molecule has 0 fully saturated rings. The number of pyridine rings is 1. The molecule has 7 heteroatoms. The molecule has 0 unspecified atom stereocenters. The highest BCUT2D eigenvalue weighted by atomic mass is 79.9. The molecule has 0 amide bonds. The molecule has 0 aliphatic carbocycles. The number of halogens is 3. The topological polar surface area (TPSA) is 63.3 Å². The lowest BCUT2D eigenvalue weighted by Gasteiger charge is -2.06. The number of aromatic carboxylic acids is 1. The lowest BCUT2D eigenvalue weighted by molar-refractivity contribution is 0.0699. The van der Waals surface area contributed by atoms with E-state index >= 15 is 0 Å². The van der Waals surface area contributed by atoms with Gasteiger partial charge in [-0.1, -0.05) is 39.1 Å². The SMILES string of the molecule is O=C(O)c1cc(-c2ccc(-c3cc(Cl)cc(Cl)c3)o2)nc2ccc(Br)cc12. The van der Waals surface area contributed by atoms with Crippen LogP contribution >= 0.6 is 39.1 Å². The number of furan rings is 1. The smallest absolute Gasteiger partial charge is 0.336 e. The third kappa shape index (κ3) is 3.58. The molecule has 2 heterocycles.